The van der Waals surface area contributed by atoms with Gasteiger partial charge in [-0.05, 0) is 41.5 Å². The van der Waals surface area contributed by atoms with Gasteiger partial charge in [-0.3, -0.25) is 0 Å². The molecule has 0 aliphatic heterocycles. The molecule has 0 saturated carbocycles. The van der Waals surface area contributed by atoms with Crippen molar-refractivity contribution in [3.8, 4) is 0 Å². The lowest BCUT2D eigenvalue weighted by Gasteiger charge is -2.23. The van der Waals surface area contributed by atoms with E-state index >= 15 is 0 Å². The van der Waals surface area contributed by atoms with E-state index in [0.29, 0.717) is 0 Å². The van der Waals surface area contributed by atoms with Gasteiger partial charge < -0.3 is 10.4 Å². The number of sulfone groups is 2. The van der Waals surface area contributed by atoms with Crippen LogP contribution in [0.3, 0.4) is 0 Å². The fourth-order valence-corrected chi connectivity index (χ4v) is 3.58. The van der Waals surface area contributed by atoms with Crippen LogP contribution in [-0.2, 0) is 19.7 Å². The Morgan fingerprint density at radius 3 is 1.00 bits per heavy atom. The molecular weight excluding hydrogens is 308 g/mol. The summed E-state index contributed by atoms with van der Waals surface area (Å²) in [5.41, 5.74) is 0. The zero-order chi connectivity index (χ0) is 16.6. The average Bonchev–Trinajstić information content (AvgIpc) is 2.21. The lowest BCUT2D eigenvalue weighted by atomic mass is 10.3. The molecule has 0 aromatic heterocycles. The molecule has 0 rings (SSSR count). The van der Waals surface area contributed by atoms with Gasteiger partial charge >= 0.3 is 0 Å². The molecule has 0 spiro atoms. The molecule has 8 nitrogen and oxygen atoms in total. The molecular formula is C10H20N2O6S2. The summed E-state index contributed by atoms with van der Waals surface area (Å²) >= 11 is 0. The molecule has 0 radical (unpaired) electrons. The van der Waals surface area contributed by atoms with Crippen LogP contribution in [0.25, 0.3) is 0 Å². The fraction of sp³-hybridized carbons (Fsp3) is 0.800. The summed E-state index contributed by atoms with van der Waals surface area (Å²) in [6.07, 6.45) is 0. The summed E-state index contributed by atoms with van der Waals surface area (Å²) < 4.78 is 46.0. The molecule has 0 bridgehead atoms. The summed E-state index contributed by atoms with van der Waals surface area (Å²) in [5, 5.41) is 20.5. The Morgan fingerprint density at radius 1 is 0.700 bits per heavy atom. The normalized spacial score (nSPS) is 16.3. The second kappa shape index (κ2) is 5.32. The third-order valence-electron chi connectivity index (χ3n) is 2.49. The molecule has 0 heterocycles. The fourth-order valence-electron chi connectivity index (χ4n) is 1.00. The van der Waals surface area contributed by atoms with Crippen LogP contribution in [0.1, 0.15) is 41.5 Å². The Labute approximate surface area is 119 Å². The Kier molecular flexibility index (Phi) is 5.01. The highest BCUT2D eigenvalue weighted by molar-refractivity contribution is 8.19. The first kappa shape index (κ1) is 18.8. The van der Waals surface area contributed by atoms with Gasteiger partial charge in [-0.15, -0.1) is 0 Å². The lowest BCUT2D eigenvalue weighted by Crippen LogP contribution is -2.45. The molecule has 0 aromatic rings. The van der Waals surface area contributed by atoms with Gasteiger partial charge in [-0.1, -0.05) is 10.3 Å². The highest BCUT2D eigenvalue weighted by Crippen LogP contribution is 2.24. The van der Waals surface area contributed by atoms with Crippen LogP contribution in [0.15, 0.2) is 10.3 Å². The molecule has 10 heteroatoms. The predicted molar refractivity (Wildman–Crippen MR) is 75.8 cm³/mol. The highest BCUT2D eigenvalue weighted by atomic mass is 32.2. The molecule has 0 atom stereocenters. The molecule has 0 amide bonds. The minimum Gasteiger partial charge on any atom is -0.410 e. The first-order valence-corrected chi connectivity index (χ1v) is 8.55. The van der Waals surface area contributed by atoms with E-state index < -0.39 is 39.3 Å². The Bertz CT molecular complexity index is 572. The van der Waals surface area contributed by atoms with E-state index in [0.717, 1.165) is 0 Å². The smallest absolute Gasteiger partial charge is 0.235 e. The molecule has 0 aliphatic carbocycles. The maximum Gasteiger partial charge on any atom is 0.235 e. The minimum atomic E-state index is -4.31. The monoisotopic (exact) mass is 328 g/mol. The SMILES string of the molecule is CC(C)(C)S(=O)(=O)C(=NO)C(=NO)S(=O)(=O)C(C)(C)C. The molecule has 2 N–H and O–H groups in total. The van der Waals surface area contributed by atoms with Gasteiger partial charge in [0.15, 0.2) is 0 Å². The van der Waals surface area contributed by atoms with Crippen LogP contribution in [0.5, 0.6) is 0 Å². The van der Waals surface area contributed by atoms with Crippen LogP contribution >= 0.6 is 0 Å². The Hall–Kier alpha value is -1.16. The van der Waals surface area contributed by atoms with Gasteiger partial charge in [-0.2, -0.15) is 0 Å². The summed E-state index contributed by atoms with van der Waals surface area (Å²) in [7, 11) is -8.63. The van der Waals surface area contributed by atoms with E-state index in [1.807, 2.05) is 0 Å². The number of rotatable bonds is 0. The maximum absolute atomic E-state index is 12.2. The third kappa shape index (κ3) is 3.11. The molecule has 0 aromatic carbocycles. The van der Waals surface area contributed by atoms with Gasteiger partial charge in [0, 0.05) is 0 Å². The van der Waals surface area contributed by atoms with Gasteiger partial charge in [0.05, 0.1) is 9.49 Å². The summed E-state index contributed by atoms with van der Waals surface area (Å²) in [6.45, 7) is 7.79. The Morgan fingerprint density at radius 2 is 0.900 bits per heavy atom. The predicted octanol–water partition coefficient (Wildman–Crippen LogP) is 0.988. The minimum absolute atomic E-state index is 1.18. The van der Waals surface area contributed by atoms with Gasteiger partial charge in [-0.25, -0.2) is 16.8 Å². The van der Waals surface area contributed by atoms with E-state index in [-0.39, 0.29) is 0 Å². The van der Waals surface area contributed by atoms with Crippen molar-refractivity contribution in [1.29, 1.82) is 0 Å². The lowest BCUT2D eigenvalue weighted by molar-refractivity contribution is 0.315. The average molecular weight is 328 g/mol. The van der Waals surface area contributed by atoms with E-state index in [1.165, 1.54) is 41.5 Å². The molecule has 0 aliphatic rings. The third-order valence-corrected chi connectivity index (χ3v) is 7.41. The van der Waals surface area contributed by atoms with Crippen molar-refractivity contribution < 1.29 is 27.3 Å². The molecule has 0 fully saturated rings. The van der Waals surface area contributed by atoms with E-state index in [2.05, 4.69) is 10.3 Å². The van der Waals surface area contributed by atoms with Crippen molar-refractivity contribution in [2.45, 2.75) is 51.0 Å². The van der Waals surface area contributed by atoms with Crippen molar-refractivity contribution in [3.05, 3.63) is 0 Å². The number of nitrogens with zero attached hydrogens (tertiary/aromatic N) is 2. The molecule has 0 saturated heterocycles. The largest absolute Gasteiger partial charge is 0.410 e. The first-order chi connectivity index (χ1) is 8.64. The summed E-state index contributed by atoms with van der Waals surface area (Å²) in [4.78, 5) is 0. The second-order valence-corrected chi connectivity index (χ2v) is 11.3. The highest BCUT2D eigenvalue weighted by Gasteiger charge is 2.46. The van der Waals surface area contributed by atoms with Gasteiger partial charge in [0.25, 0.3) is 0 Å². The number of hydrogen-bond donors (Lipinski definition) is 2. The molecule has 20 heavy (non-hydrogen) atoms. The van der Waals surface area contributed by atoms with Gasteiger partial charge in [0.1, 0.15) is 0 Å². The van der Waals surface area contributed by atoms with E-state index in [1.54, 1.807) is 0 Å². The maximum atomic E-state index is 12.2. The summed E-state index contributed by atoms with van der Waals surface area (Å²) in [6, 6.07) is 0. The van der Waals surface area contributed by atoms with Crippen molar-refractivity contribution in [2.24, 2.45) is 10.3 Å². The molecule has 0 unspecified atom stereocenters. The summed E-state index contributed by atoms with van der Waals surface area (Å²) in [5.74, 6) is 0. The van der Waals surface area contributed by atoms with Crippen LogP contribution in [0, 0.1) is 0 Å². The number of oxime groups is 2. The van der Waals surface area contributed by atoms with E-state index in [4.69, 9.17) is 10.4 Å². The van der Waals surface area contributed by atoms with Crippen LogP contribution in [-0.4, -0.2) is 46.8 Å². The van der Waals surface area contributed by atoms with Crippen LogP contribution in [0.2, 0.25) is 0 Å². The Balaban J connectivity index is 6.37. The van der Waals surface area contributed by atoms with E-state index in [9.17, 15) is 16.8 Å². The number of hydrogen-bond acceptors (Lipinski definition) is 8. The second-order valence-electron chi connectivity index (χ2n) is 6.04. The zero-order valence-corrected chi connectivity index (χ0v) is 13.9. The quantitative estimate of drug-likeness (QED) is 0.295. The van der Waals surface area contributed by atoms with Crippen molar-refractivity contribution in [3.63, 3.8) is 0 Å². The van der Waals surface area contributed by atoms with Gasteiger partial charge in [0.2, 0.25) is 29.8 Å². The molecule has 118 valence electrons. The van der Waals surface area contributed by atoms with Crippen molar-refractivity contribution in [2.75, 3.05) is 0 Å². The van der Waals surface area contributed by atoms with Crippen molar-refractivity contribution >= 4 is 29.8 Å². The van der Waals surface area contributed by atoms with Crippen molar-refractivity contribution in [1.82, 2.24) is 0 Å². The van der Waals surface area contributed by atoms with Crippen LogP contribution in [0.4, 0.5) is 0 Å². The van der Waals surface area contributed by atoms with Crippen LogP contribution < -0.4 is 0 Å². The topological polar surface area (TPSA) is 133 Å². The standard InChI is InChI=1S/C10H20N2O6S2/c1-9(2,3)19(15,16)7(11-13)8(12-14)20(17,18)10(4,5)6/h13-14H,1-6H3. The zero-order valence-electron chi connectivity index (χ0n) is 12.2. The first-order valence-electron chi connectivity index (χ1n) is 5.58.